The van der Waals surface area contributed by atoms with E-state index in [1.807, 2.05) is 30.3 Å². The molecule has 0 saturated heterocycles. The molecule has 1 heterocycles. The molecule has 0 saturated carbocycles. The molecule has 4 heteroatoms. The van der Waals surface area contributed by atoms with E-state index in [4.69, 9.17) is 4.74 Å². The van der Waals surface area contributed by atoms with Crippen molar-refractivity contribution in [2.24, 2.45) is 5.92 Å². The molecule has 3 nitrogen and oxygen atoms in total. The van der Waals surface area contributed by atoms with Crippen LogP contribution in [0.3, 0.4) is 0 Å². The first-order valence-corrected chi connectivity index (χ1v) is 8.92. The van der Waals surface area contributed by atoms with Crippen LogP contribution in [0.15, 0.2) is 42.5 Å². The lowest BCUT2D eigenvalue weighted by Crippen LogP contribution is -2.25. The highest BCUT2D eigenvalue weighted by Gasteiger charge is 2.19. The Hall–Kier alpha value is -1.91. The molecule has 0 aliphatic carbocycles. The highest BCUT2D eigenvalue weighted by Crippen LogP contribution is 2.29. The van der Waals surface area contributed by atoms with Gasteiger partial charge in [-0.1, -0.05) is 38.1 Å². The summed E-state index contributed by atoms with van der Waals surface area (Å²) in [5, 5.41) is 10.4. The standard InChI is InChI=1S/C21H26FNO2/c1-15(2)11-20(24)16-7-8-21-18(12-16)14-23(9-10-25-21)13-17-5-3-4-6-19(17)22/h3-8,12,15,20,24H,9-11,13-14H2,1-2H3/t20-/m0/s1. The van der Waals surface area contributed by atoms with Crippen LogP contribution in [0.4, 0.5) is 4.39 Å². The van der Waals surface area contributed by atoms with Crippen LogP contribution in [0.1, 0.15) is 43.1 Å². The third-order valence-electron chi connectivity index (χ3n) is 4.57. The quantitative estimate of drug-likeness (QED) is 0.878. The highest BCUT2D eigenvalue weighted by atomic mass is 19.1. The summed E-state index contributed by atoms with van der Waals surface area (Å²) in [4.78, 5) is 2.18. The van der Waals surface area contributed by atoms with Crippen LogP contribution in [0.25, 0.3) is 0 Å². The van der Waals surface area contributed by atoms with Gasteiger partial charge in [0.1, 0.15) is 18.2 Å². The van der Waals surface area contributed by atoms with Crippen molar-refractivity contribution in [3.63, 3.8) is 0 Å². The Morgan fingerprint density at radius 2 is 2.00 bits per heavy atom. The Bertz CT molecular complexity index is 717. The molecule has 3 rings (SSSR count). The number of aliphatic hydroxyl groups excluding tert-OH is 1. The zero-order chi connectivity index (χ0) is 17.8. The number of ether oxygens (including phenoxy) is 1. The number of fused-ring (bicyclic) bond motifs is 1. The minimum absolute atomic E-state index is 0.172. The molecule has 0 bridgehead atoms. The van der Waals surface area contributed by atoms with Gasteiger partial charge in [-0.2, -0.15) is 0 Å². The van der Waals surface area contributed by atoms with E-state index in [9.17, 15) is 9.50 Å². The number of hydrogen-bond donors (Lipinski definition) is 1. The summed E-state index contributed by atoms with van der Waals surface area (Å²) in [6.07, 6.45) is 0.270. The van der Waals surface area contributed by atoms with E-state index in [2.05, 4.69) is 18.7 Å². The molecular weight excluding hydrogens is 317 g/mol. The summed E-state index contributed by atoms with van der Waals surface area (Å²) in [5.74, 6) is 1.12. The molecule has 2 aromatic rings. The number of benzene rings is 2. The Morgan fingerprint density at radius 1 is 1.20 bits per heavy atom. The molecule has 1 aliphatic heterocycles. The van der Waals surface area contributed by atoms with Crippen molar-refractivity contribution in [1.29, 1.82) is 0 Å². The third kappa shape index (κ3) is 4.59. The molecule has 1 atom stereocenters. The van der Waals surface area contributed by atoms with Crippen LogP contribution in [-0.2, 0) is 13.1 Å². The van der Waals surface area contributed by atoms with E-state index in [0.717, 1.165) is 29.8 Å². The smallest absolute Gasteiger partial charge is 0.127 e. The maximum Gasteiger partial charge on any atom is 0.127 e. The maximum absolute atomic E-state index is 13.9. The molecule has 0 aromatic heterocycles. The minimum Gasteiger partial charge on any atom is -0.492 e. The third-order valence-corrected chi connectivity index (χ3v) is 4.57. The molecule has 25 heavy (non-hydrogen) atoms. The molecule has 1 N–H and O–H groups in total. The van der Waals surface area contributed by atoms with Crippen LogP contribution in [-0.4, -0.2) is 23.2 Å². The summed E-state index contributed by atoms with van der Waals surface area (Å²) in [6.45, 7) is 6.76. The molecule has 0 fully saturated rings. The van der Waals surface area contributed by atoms with Gasteiger partial charge in [0.25, 0.3) is 0 Å². The summed E-state index contributed by atoms with van der Waals surface area (Å²) in [6, 6.07) is 12.8. The van der Waals surface area contributed by atoms with Crippen LogP contribution >= 0.6 is 0 Å². The van der Waals surface area contributed by atoms with Gasteiger partial charge in [0.2, 0.25) is 0 Å². The second-order valence-corrected chi connectivity index (χ2v) is 7.16. The van der Waals surface area contributed by atoms with Crippen molar-refractivity contribution in [3.8, 4) is 5.75 Å². The molecule has 0 unspecified atom stereocenters. The zero-order valence-electron chi connectivity index (χ0n) is 14.9. The van der Waals surface area contributed by atoms with E-state index < -0.39 is 6.10 Å². The van der Waals surface area contributed by atoms with Crippen molar-refractivity contribution >= 4 is 0 Å². The van der Waals surface area contributed by atoms with Crippen LogP contribution < -0.4 is 4.74 Å². The average molecular weight is 343 g/mol. The SMILES string of the molecule is CC(C)C[C@H](O)c1ccc2c(c1)CN(Cc1ccccc1F)CCO2. The number of nitrogens with zero attached hydrogens (tertiary/aromatic N) is 1. The summed E-state index contributed by atoms with van der Waals surface area (Å²) in [5.41, 5.74) is 2.67. The van der Waals surface area contributed by atoms with Gasteiger partial charge in [-0.3, -0.25) is 4.90 Å². The zero-order valence-corrected chi connectivity index (χ0v) is 14.9. The Kier molecular flexibility index (Phi) is 5.71. The molecule has 0 spiro atoms. The molecule has 0 amide bonds. The first kappa shape index (κ1) is 17.9. The van der Waals surface area contributed by atoms with Crippen molar-refractivity contribution in [3.05, 3.63) is 65.0 Å². The molecule has 134 valence electrons. The van der Waals surface area contributed by atoms with Crippen molar-refractivity contribution < 1.29 is 14.2 Å². The van der Waals surface area contributed by atoms with Crippen molar-refractivity contribution in [2.75, 3.05) is 13.2 Å². The highest BCUT2D eigenvalue weighted by molar-refractivity contribution is 5.38. The maximum atomic E-state index is 13.9. The van der Waals surface area contributed by atoms with Crippen LogP contribution in [0.5, 0.6) is 5.75 Å². The van der Waals surface area contributed by atoms with E-state index in [0.29, 0.717) is 31.2 Å². The van der Waals surface area contributed by atoms with E-state index >= 15 is 0 Å². The molecule has 0 radical (unpaired) electrons. The van der Waals surface area contributed by atoms with Crippen molar-refractivity contribution in [2.45, 2.75) is 39.5 Å². The minimum atomic E-state index is -0.464. The fraction of sp³-hybridized carbons (Fsp3) is 0.429. The summed E-state index contributed by atoms with van der Waals surface area (Å²) < 4.78 is 19.8. The number of aliphatic hydroxyl groups is 1. The van der Waals surface area contributed by atoms with Gasteiger partial charge in [0.05, 0.1) is 6.10 Å². The van der Waals surface area contributed by atoms with Gasteiger partial charge in [0.15, 0.2) is 0 Å². The summed E-state index contributed by atoms with van der Waals surface area (Å²) in [7, 11) is 0. The van der Waals surface area contributed by atoms with E-state index in [1.54, 1.807) is 6.07 Å². The largest absolute Gasteiger partial charge is 0.492 e. The average Bonchev–Trinajstić information content (AvgIpc) is 2.77. The fourth-order valence-corrected chi connectivity index (χ4v) is 3.26. The number of rotatable bonds is 5. The number of halogens is 1. The molecule has 1 aliphatic rings. The second-order valence-electron chi connectivity index (χ2n) is 7.16. The second kappa shape index (κ2) is 7.98. The monoisotopic (exact) mass is 343 g/mol. The lowest BCUT2D eigenvalue weighted by molar-refractivity contribution is 0.151. The molecule has 2 aromatic carbocycles. The number of hydrogen-bond acceptors (Lipinski definition) is 3. The Balaban J connectivity index is 1.77. The molecular formula is C21H26FNO2. The topological polar surface area (TPSA) is 32.7 Å². The van der Waals surface area contributed by atoms with Gasteiger partial charge in [-0.05, 0) is 36.1 Å². The predicted molar refractivity (Wildman–Crippen MR) is 96.9 cm³/mol. The van der Waals surface area contributed by atoms with E-state index in [1.165, 1.54) is 6.07 Å². The lowest BCUT2D eigenvalue weighted by atomic mass is 9.97. The lowest BCUT2D eigenvalue weighted by Gasteiger charge is -2.20. The normalized spacial score (nSPS) is 16.2. The first-order chi connectivity index (χ1) is 12.0. The van der Waals surface area contributed by atoms with E-state index in [-0.39, 0.29) is 5.82 Å². The fourth-order valence-electron chi connectivity index (χ4n) is 3.26. The van der Waals surface area contributed by atoms with Gasteiger partial charge in [-0.15, -0.1) is 0 Å². The Morgan fingerprint density at radius 3 is 2.76 bits per heavy atom. The van der Waals surface area contributed by atoms with Crippen LogP contribution in [0, 0.1) is 11.7 Å². The van der Waals surface area contributed by atoms with Gasteiger partial charge >= 0.3 is 0 Å². The van der Waals surface area contributed by atoms with Gasteiger partial charge < -0.3 is 9.84 Å². The first-order valence-electron chi connectivity index (χ1n) is 8.92. The van der Waals surface area contributed by atoms with Crippen LogP contribution in [0.2, 0.25) is 0 Å². The predicted octanol–water partition coefficient (Wildman–Crippen LogP) is 4.30. The van der Waals surface area contributed by atoms with Crippen molar-refractivity contribution in [1.82, 2.24) is 4.90 Å². The Labute approximate surface area is 149 Å². The van der Waals surface area contributed by atoms with Gasteiger partial charge in [-0.25, -0.2) is 4.39 Å². The summed E-state index contributed by atoms with van der Waals surface area (Å²) >= 11 is 0. The van der Waals surface area contributed by atoms with Gasteiger partial charge in [0, 0.05) is 30.8 Å².